The van der Waals surface area contributed by atoms with Crippen LogP contribution in [-0.2, 0) is 17.8 Å². The predicted octanol–water partition coefficient (Wildman–Crippen LogP) is 4.90. The predicted molar refractivity (Wildman–Crippen MR) is 121 cm³/mol. The third-order valence-electron chi connectivity index (χ3n) is 4.46. The SMILES string of the molecule is C=CCn1c(SCC(=O)Nc2ccccc2)nnc1C(C)Oc1ccc(CC)cc1. The van der Waals surface area contributed by atoms with Gasteiger partial charge in [-0.15, -0.1) is 16.8 Å². The van der Waals surface area contributed by atoms with Crippen molar-refractivity contribution in [3.63, 3.8) is 0 Å². The van der Waals surface area contributed by atoms with Gasteiger partial charge in [-0.1, -0.05) is 55.1 Å². The zero-order valence-corrected chi connectivity index (χ0v) is 18.1. The molecule has 0 saturated carbocycles. The summed E-state index contributed by atoms with van der Waals surface area (Å²) in [5.41, 5.74) is 2.03. The van der Waals surface area contributed by atoms with Crippen molar-refractivity contribution in [1.82, 2.24) is 14.8 Å². The van der Waals surface area contributed by atoms with Gasteiger partial charge in [0.05, 0.1) is 5.75 Å². The summed E-state index contributed by atoms with van der Waals surface area (Å²) in [6.45, 7) is 8.42. The standard InChI is InChI=1S/C23H26N4O2S/c1-4-15-27-22(17(3)29-20-13-11-18(5-2)12-14-20)25-26-23(27)30-16-21(28)24-19-9-7-6-8-10-19/h4,6-14,17H,1,5,15-16H2,2-3H3,(H,24,28). The highest BCUT2D eigenvalue weighted by molar-refractivity contribution is 7.99. The maximum absolute atomic E-state index is 12.3. The van der Waals surface area contributed by atoms with Crippen molar-refractivity contribution in [3.05, 3.63) is 78.6 Å². The minimum atomic E-state index is -0.294. The molecule has 30 heavy (non-hydrogen) atoms. The van der Waals surface area contributed by atoms with Crippen LogP contribution < -0.4 is 10.1 Å². The average molecular weight is 423 g/mol. The molecule has 0 aliphatic carbocycles. The van der Waals surface area contributed by atoms with E-state index in [1.54, 1.807) is 6.08 Å². The number of anilines is 1. The summed E-state index contributed by atoms with van der Waals surface area (Å²) in [4.78, 5) is 12.3. The Kier molecular flexibility index (Phi) is 7.68. The number of carbonyl (C=O) groups excluding carboxylic acids is 1. The Morgan fingerprint density at radius 1 is 1.20 bits per heavy atom. The lowest BCUT2D eigenvalue weighted by Gasteiger charge is -2.16. The Morgan fingerprint density at radius 3 is 2.60 bits per heavy atom. The van der Waals surface area contributed by atoms with E-state index in [1.807, 2.05) is 54.0 Å². The molecule has 156 valence electrons. The second kappa shape index (κ2) is 10.6. The second-order valence-electron chi connectivity index (χ2n) is 6.70. The molecule has 0 aliphatic rings. The van der Waals surface area contributed by atoms with Crippen molar-refractivity contribution < 1.29 is 9.53 Å². The van der Waals surface area contributed by atoms with E-state index in [0.717, 1.165) is 17.9 Å². The van der Waals surface area contributed by atoms with Crippen LogP contribution >= 0.6 is 11.8 Å². The number of ether oxygens (including phenoxy) is 1. The molecule has 1 amide bonds. The summed E-state index contributed by atoms with van der Waals surface area (Å²) >= 11 is 1.34. The largest absolute Gasteiger partial charge is 0.483 e. The number of allylic oxidation sites excluding steroid dienone is 1. The number of carbonyl (C=O) groups is 1. The molecule has 0 fully saturated rings. The van der Waals surface area contributed by atoms with E-state index in [-0.39, 0.29) is 17.8 Å². The van der Waals surface area contributed by atoms with E-state index in [0.29, 0.717) is 17.5 Å². The van der Waals surface area contributed by atoms with E-state index in [1.165, 1.54) is 17.3 Å². The Morgan fingerprint density at radius 2 is 1.93 bits per heavy atom. The number of aryl methyl sites for hydroxylation is 1. The number of benzene rings is 2. The number of thioether (sulfide) groups is 1. The number of hydrogen-bond acceptors (Lipinski definition) is 5. The topological polar surface area (TPSA) is 69.0 Å². The van der Waals surface area contributed by atoms with Crippen LogP contribution in [0.1, 0.15) is 31.3 Å². The molecule has 1 heterocycles. The van der Waals surface area contributed by atoms with Gasteiger partial charge in [-0.25, -0.2) is 0 Å². The van der Waals surface area contributed by atoms with Crippen LogP contribution in [0.25, 0.3) is 0 Å². The second-order valence-corrected chi connectivity index (χ2v) is 7.64. The van der Waals surface area contributed by atoms with Crippen LogP contribution in [0.3, 0.4) is 0 Å². The number of para-hydroxylation sites is 1. The molecule has 0 spiro atoms. The molecule has 0 bridgehead atoms. The van der Waals surface area contributed by atoms with Crippen molar-refractivity contribution in [3.8, 4) is 5.75 Å². The van der Waals surface area contributed by atoms with Gasteiger partial charge in [0.15, 0.2) is 17.1 Å². The van der Waals surface area contributed by atoms with E-state index in [2.05, 4.69) is 41.1 Å². The fourth-order valence-corrected chi connectivity index (χ4v) is 3.67. The molecule has 7 heteroatoms. The number of nitrogens with zero attached hydrogens (tertiary/aromatic N) is 3. The number of hydrogen-bond donors (Lipinski definition) is 1. The van der Waals surface area contributed by atoms with Crippen molar-refractivity contribution in [2.24, 2.45) is 0 Å². The Labute approximate surface area is 181 Å². The molecule has 1 N–H and O–H groups in total. The Bertz CT molecular complexity index is 971. The van der Waals surface area contributed by atoms with Gasteiger partial charge >= 0.3 is 0 Å². The molecule has 1 atom stereocenters. The molecular weight excluding hydrogens is 396 g/mol. The summed E-state index contributed by atoms with van der Waals surface area (Å²) < 4.78 is 7.99. The molecule has 1 aromatic heterocycles. The van der Waals surface area contributed by atoms with Crippen LogP contribution in [0.4, 0.5) is 5.69 Å². The molecule has 1 unspecified atom stereocenters. The van der Waals surface area contributed by atoms with Crippen molar-refractivity contribution >= 4 is 23.4 Å². The van der Waals surface area contributed by atoms with Crippen LogP contribution in [0.15, 0.2) is 72.4 Å². The number of nitrogens with one attached hydrogen (secondary N) is 1. The molecular formula is C23H26N4O2S. The lowest BCUT2D eigenvalue weighted by molar-refractivity contribution is -0.113. The third kappa shape index (κ3) is 5.73. The quantitative estimate of drug-likeness (QED) is 0.372. The van der Waals surface area contributed by atoms with Crippen LogP contribution in [0.2, 0.25) is 0 Å². The van der Waals surface area contributed by atoms with Crippen molar-refractivity contribution in [2.45, 2.75) is 38.1 Å². The van der Waals surface area contributed by atoms with E-state index >= 15 is 0 Å². The zero-order chi connectivity index (χ0) is 21.3. The number of amides is 1. The summed E-state index contributed by atoms with van der Waals surface area (Å²) in [5, 5.41) is 12.1. The van der Waals surface area contributed by atoms with Crippen LogP contribution in [0.5, 0.6) is 5.75 Å². The summed E-state index contributed by atoms with van der Waals surface area (Å²) in [7, 11) is 0. The smallest absolute Gasteiger partial charge is 0.234 e. The highest BCUT2D eigenvalue weighted by Gasteiger charge is 2.19. The van der Waals surface area contributed by atoms with E-state index in [9.17, 15) is 4.79 Å². The lowest BCUT2D eigenvalue weighted by atomic mass is 10.2. The van der Waals surface area contributed by atoms with Gasteiger partial charge in [-0.2, -0.15) is 0 Å². The highest BCUT2D eigenvalue weighted by Crippen LogP contribution is 2.25. The Hall–Kier alpha value is -3.06. The van der Waals surface area contributed by atoms with Gasteiger partial charge in [-0.05, 0) is 43.2 Å². The fourth-order valence-electron chi connectivity index (χ4n) is 2.92. The van der Waals surface area contributed by atoms with Crippen LogP contribution in [-0.4, -0.2) is 26.4 Å². The average Bonchev–Trinajstić information content (AvgIpc) is 3.16. The molecule has 3 rings (SSSR count). The molecule has 3 aromatic rings. The lowest BCUT2D eigenvalue weighted by Crippen LogP contribution is -2.15. The van der Waals surface area contributed by atoms with Crippen molar-refractivity contribution in [2.75, 3.05) is 11.1 Å². The monoisotopic (exact) mass is 422 g/mol. The molecule has 0 aliphatic heterocycles. The number of aromatic nitrogens is 3. The fraction of sp³-hybridized carbons (Fsp3) is 0.261. The zero-order valence-electron chi connectivity index (χ0n) is 17.2. The van der Waals surface area contributed by atoms with Gasteiger partial charge in [-0.3, -0.25) is 9.36 Å². The minimum Gasteiger partial charge on any atom is -0.483 e. The van der Waals surface area contributed by atoms with Gasteiger partial charge in [0.1, 0.15) is 5.75 Å². The van der Waals surface area contributed by atoms with Gasteiger partial charge in [0.25, 0.3) is 0 Å². The summed E-state index contributed by atoms with van der Waals surface area (Å²) in [5.74, 6) is 1.61. The normalized spacial score (nSPS) is 11.7. The van der Waals surface area contributed by atoms with Crippen LogP contribution in [0, 0.1) is 0 Å². The molecule has 6 nitrogen and oxygen atoms in total. The van der Waals surface area contributed by atoms with E-state index < -0.39 is 0 Å². The highest BCUT2D eigenvalue weighted by atomic mass is 32.2. The Balaban J connectivity index is 1.65. The van der Waals surface area contributed by atoms with Gasteiger partial charge in [0, 0.05) is 12.2 Å². The molecule has 0 saturated heterocycles. The molecule has 0 radical (unpaired) electrons. The molecule has 2 aromatic carbocycles. The maximum Gasteiger partial charge on any atom is 0.234 e. The first kappa shape index (κ1) is 21.6. The third-order valence-corrected chi connectivity index (χ3v) is 5.42. The summed E-state index contributed by atoms with van der Waals surface area (Å²) in [6.07, 6.45) is 2.48. The van der Waals surface area contributed by atoms with Crippen molar-refractivity contribution in [1.29, 1.82) is 0 Å². The van der Waals surface area contributed by atoms with Gasteiger partial charge < -0.3 is 10.1 Å². The first-order chi connectivity index (χ1) is 14.6. The maximum atomic E-state index is 12.3. The number of rotatable bonds is 10. The first-order valence-electron chi connectivity index (χ1n) is 9.88. The summed E-state index contributed by atoms with van der Waals surface area (Å²) in [6, 6.07) is 17.4. The first-order valence-corrected chi connectivity index (χ1v) is 10.9. The minimum absolute atomic E-state index is 0.0961. The van der Waals surface area contributed by atoms with E-state index in [4.69, 9.17) is 4.74 Å². The van der Waals surface area contributed by atoms with Gasteiger partial charge in [0.2, 0.25) is 5.91 Å².